The van der Waals surface area contributed by atoms with Crippen LogP contribution in [0.5, 0.6) is 0 Å². The van der Waals surface area contributed by atoms with Gasteiger partial charge in [-0.1, -0.05) is 41.9 Å². The van der Waals surface area contributed by atoms with Crippen LogP contribution in [0.2, 0.25) is 5.02 Å². The summed E-state index contributed by atoms with van der Waals surface area (Å²) in [5, 5.41) is 0.549. The molecule has 0 aliphatic rings. The van der Waals surface area contributed by atoms with E-state index in [-0.39, 0.29) is 22.7 Å². The summed E-state index contributed by atoms with van der Waals surface area (Å²) in [6.45, 7) is 0. The van der Waals surface area contributed by atoms with E-state index < -0.39 is 11.4 Å². The molecular formula is C23H14ClFN4O. The van der Waals surface area contributed by atoms with E-state index in [4.69, 9.17) is 11.6 Å². The Balaban J connectivity index is 1.88. The van der Waals surface area contributed by atoms with E-state index in [1.54, 1.807) is 53.4 Å². The minimum absolute atomic E-state index is 0.114. The predicted octanol–water partition coefficient (Wildman–Crippen LogP) is 5.03. The molecule has 7 heteroatoms. The molecule has 0 bridgehead atoms. The molecule has 0 spiro atoms. The summed E-state index contributed by atoms with van der Waals surface area (Å²) < 4.78 is 17.7. The summed E-state index contributed by atoms with van der Waals surface area (Å²) in [4.78, 5) is 22.6. The molecule has 0 fully saturated rings. The van der Waals surface area contributed by atoms with Crippen molar-refractivity contribution in [2.75, 3.05) is 0 Å². The maximum atomic E-state index is 14.7. The Labute approximate surface area is 175 Å². The van der Waals surface area contributed by atoms with E-state index in [0.29, 0.717) is 10.6 Å². The van der Waals surface area contributed by atoms with Crippen molar-refractivity contribution in [2.24, 2.45) is 0 Å². The highest BCUT2D eigenvalue weighted by Crippen LogP contribution is 2.25. The van der Waals surface area contributed by atoms with Crippen LogP contribution >= 0.6 is 11.6 Å². The van der Waals surface area contributed by atoms with Crippen molar-refractivity contribution in [3.8, 4) is 22.8 Å². The molecule has 0 amide bonds. The van der Waals surface area contributed by atoms with Crippen LogP contribution in [0.1, 0.15) is 0 Å². The molecule has 30 heavy (non-hydrogen) atoms. The van der Waals surface area contributed by atoms with Crippen molar-refractivity contribution in [3.63, 3.8) is 0 Å². The summed E-state index contributed by atoms with van der Waals surface area (Å²) in [7, 11) is 0. The zero-order valence-corrected chi connectivity index (χ0v) is 16.3. The van der Waals surface area contributed by atoms with Crippen LogP contribution in [0.4, 0.5) is 4.39 Å². The lowest BCUT2D eigenvalue weighted by atomic mass is 10.2. The van der Waals surface area contributed by atoms with Crippen LogP contribution in [0.15, 0.2) is 90.0 Å². The van der Waals surface area contributed by atoms with Crippen molar-refractivity contribution in [2.45, 2.75) is 0 Å². The Morgan fingerprint density at radius 3 is 2.30 bits per heavy atom. The first-order valence-electron chi connectivity index (χ1n) is 9.20. The number of nitrogens with zero attached hydrogens (tertiary/aromatic N) is 4. The largest absolute Gasteiger partial charge is 0.293 e. The first-order chi connectivity index (χ1) is 14.6. The van der Waals surface area contributed by atoms with Gasteiger partial charge >= 0.3 is 0 Å². The van der Waals surface area contributed by atoms with Crippen molar-refractivity contribution >= 4 is 22.8 Å². The molecule has 3 aromatic carbocycles. The summed E-state index contributed by atoms with van der Waals surface area (Å²) in [6.07, 6.45) is 1.55. The first-order valence-corrected chi connectivity index (χ1v) is 9.57. The van der Waals surface area contributed by atoms with E-state index in [2.05, 4.69) is 9.97 Å². The Kier molecular flexibility index (Phi) is 4.41. The first kappa shape index (κ1) is 18.3. The van der Waals surface area contributed by atoms with Gasteiger partial charge in [-0.3, -0.25) is 13.9 Å². The van der Waals surface area contributed by atoms with Crippen LogP contribution < -0.4 is 5.56 Å². The zero-order valence-electron chi connectivity index (χ0n) is 15.5. The molecule has 2 heterocycles. The second kappa shape index (κ2) is 7.24. The normalized spacial score (nSPS) is 11.1. The van der Waals surface area contributed by atoms with Gasteiger partial charge in [-0.25, -0.2) is 14.4 Å². The number of fused-ring (bicyclic) bond motifs is 1. The lowest BCUT2D eigenvalue weighted by molar-refractivity contribution is 0.616. The molecule has 5 aromatic rings. The monoisotopic (exact) mass is 416 g/mol. The van der Waals surface area contributed by atoms with Gasteiger partial charge in [-0.05, 0) is 48.5 Å². The number of imidazole rings is 1. The number of hydrogen-bond acceptors (Lipinski definition) is 3. The number of halogens is 2. The topological polar surface area (TPSA) is 52.7 Å². The number of benzene rings is 3. The predicted molar refractivity (Wildman–Crippen MR) is 115 cm³/mol. The van der Waals surface area contributed by atoms with E-state index in [1.807, 2.05) is 30.3 Å². The van der Waals surface area contributed by atoms with Gasteiger partial charge in [0.15, 0.2) is 11.2 Å². The lowest BCUT2D eigenvalue weighted by Gasteiger charge is -2.14. The molecule has 2 aromatic heterocycles. The van der Waals surface area contributed by atoms with Gasteiger partial charge in [0.05, 0.1) is 5.69 Å². The summed E-state index contributed by atoms with van der Waals surface area (Å²) in [5.74, 6) is -0.241. The Morgan fingerprint density at radius 1 is 0.867 bits per heavy atom. The average Bonchev–Trinajstić information content (AvgIpc) is 3.20. The number of para-hydroxylation sites is 2. The molecule has 0 unspecified atom stereocenters. The second-order valence-corrected chi connectivity index (χ2v) is 7.09. The number of aromatic nitrogens is 4. The highest BCUT2D eigenvalue weighted by atomic mass is 35.5. The maximum absolute atomic E-state index is 14.7. The quantitative estimate of drug-likeness (QED) is 0.414. The fourth-order valence-electron chi connectivity index (χ4n) is 3.41. The Bertz CT molecular complexity index is 1430. The maximum Gasteiger partial charge on any atom is 0.285 e. The van der Waals surface area contributed by atoms with Crippen molar-refractivity contribution in [1.29, 1.82) is 0 Å². The van der Waals surface area contributed by atoms with Crippen molar-refractivity contribution in [3.05, 3.63) is 106 Å². The van der Waals surface area contributed by atoms with Crippen LogP contribution in [-0.2, 0) is 0 Å². The zero-order chi connectivity index (χ0) is 20.7. The van der Waals surface area contributed by atoms with Gasteiger partial charge in [-0.15, -0.1) is 0 Å². The molecule has 5 rings (SSSR count). The van der Waals surface area contributed by atoms with Gasteiger partial charge < -0.3 is 0 Å². The van der Waals surface area contributed by atoms with Crippen molar-refractivity contribution < 1.29 is 4.39 Å². The van der Waals surface area contributed by atoms with Crippen molar-refractivity contribution in [1.82, 2.24) is 19.1 Å². The fourth-order valence-corrected chi connectivity index (χ4v) is 3.53. The minimum Gasteiger partial charge on any atom is -0.293 e. The molecule has 0 saturated heterocycles. The Hall–Kier alpha value is -3.77. The molecule has 0 aliphatic heterocycles. The number of rotatable bonds is 3. The molecular weight excluding hydrogens is 403 g/mol. The summed E-state index contributed by atoms with van der Waals surface area (Å²) >= 11 is 6.01. The molecule has 0 aliphatic carbocycles. The highest BCUT2D eigenvalue weighted by Gasteiger charge is 2.20. The Morgan fingerprint density at radius 2 is 1.57 bits per heavy atom. The van der Waals surface area contributed by atoms with Crippen LogP contribution in [0.3, 0.4) is 0 Å². The highest BCUT2D eigenvalue weighted by molar-refractivity contribution is 6.30. The van der Waals surface area contributed by atoms with Gasteiger partial charge in [0.25, 0.3) is 5.56 Å². The van der Waals surface area contributed by atoms with Gasteiger partial charge in [-0.2, -0.15) is 0 Å². The second-order valence-electron chi connectivity index (χ2n) is 6.66. The van der Waals surface area contributed by atoms with Crippen LogP contribution in [-0.4, -0.2) is 19.1 Å². The van der Waals surface area contributed by atoms with Gasteiger partial charge in [0.2, 0.25) is 0 Å². The molecule has 0 atom stereocenters. The summed E-state index contributed by atoms with van der Waals surface area (Å²) in [6, 6.07) is 22.3. The van der Waals surface area contributed by atoms with Crippen LogP contribution in [0.25, 0.3) is 33.9 Å². The fraction of sp³-hybridized carbons (Fsp3) is 0. The smallest absolute Gasteiger partial charge is 0.285 e. The third-order valence-corrected chi connectivity index (χ3v) is 5.06. The third-order valence-electron chi connectivity index (χ3n) is 4.81. The SMILES string of the molecule is O=c1c2c(ncn2-c2ccccc2)nc(-c2ccc(Cl)cc2)n1-c1ccccc1F. The molecule has 0 N–H and O–H groups in total. The summed E-state index contributed by atoms with van der Waals surface area (Å²) in [5.41, 5.74) is 1.62. The van der Waals surface area contributed by atoms with E-state index in [0.717, 1.165) is 5.69 Å². The van der Waals surface area contributed by atoms with E-state index in [9.17, 15) is 9.18 Å². The standard InChI is InChI=1S/C23H14ClFN4O/c24-16-12-10-15(11-13-16)22-27-21-20(28(14-26-21)17-6-2-1-3-7-17)23(30)29(22)19-9-5-4-8-18(19)25/h1-14H. The average molecular weight is 417 g/mol. The van der Waals surface area contributed by atoms with Gasteiger partial charge in [0.1, 0.15) is 18.0 Å². The van der Waals surface area contributed by atoms with E-state index in [1.165, 1.54) is 10.6 Å². The molecule has 0 radical (unpaired) electrons. The molecule has 5 nitrogen and oxygen atoms in total. The van der Waals surface area contributed by atoms with Gasteiger partial charge in [0, 0.05) is 16.3 Å². The lowest BCUT2D eigenvalue weighted by Crippen LogP contribution is -2.24. The minimum atomic E-state index is -0.526. The number of hydrogen-bond donors (Lipinski definition) is 0. The molecule has 0 saturated carbocycles. The van der Waals surface area contributed by atoms with E-state index >= 15 is 0 Å². The molecule has 146 valence electrons. The van der Waals surface area contributed by atoms with Crippen LogP contribution in [0, 0.1) is 5.82 Å². The third kappa shape index (κ3) is 2.98.